The maximum atomic E-state index is 13.5. The molecule has 1 amide bonds. The molecule has 0 fully saturated rings. The molecule has 9 nitrogen and oxygen atoms in total. The summed E-state index contributed by atoms with van der Waals surface area (Å²) in [6, 6.07) is 13.9. The highest BCUT2D eigenvalue weighted by Gasteiger charge is 2.34. The van der Waals surface area contributed by atoms with Crippen LogP contribution in [0.2, 0.25) is 0 Å². The molecule has 2 N–H and O–H groups in total. The summed E-state index contributed by atoms with van der Waals surface area (Å²) in [5, 5.41) is 21.0. The smallest absolute Gasteiger partial charge is 0.410 e. The molecule has 200 valence electrons. The van der Waals surface area contributed by atoms with Crippen LogP contribution in [0.1, 0.15) is 24.3 Å². The predicted molar refractivity (Wildman–Crippen MR) is 142 cm³/mol. The number of aromatic hydroxyl groups is 1. The minimum absolute atomic E-state index is 0.00933. The van der Waals surface area contributed by atoms with Crippen molar-refractivity contribution in [3.8, 4) is 5.75 Å². The standard InChI is InChI=1S/C26H33N3O6S2/c1-19(2)15-29(37(33,34)23-11-9-21(30)10-12-23)16-25(31)24(13-20-7-5-4-6-8-20)28(3)26(32)35-17-22-14-27-18-36-22/h4-12,14,18-19,24-25,30-31H,13,15-17H2,1-3H3/t24-,25+/m0/s1. The Balaban J connectivity index is 1.84. The molecule has 0 aliphatic carbocycles. The number of rotatable bonds is 12. The zero-order chi connectivity index (χ0) is 27.0. The number of likely N-dealkylation sites (N-methyl/N-ethyl adjacent to an activating group) is 1. The summed E-state index contributed by atoms with van der Waals surface area (Å²) in [5.41, 5.74) is 2.53. The van der Waals surface area contributed by atoms with E-state index in [1.807, 2.05) is 44.2 Å². The first-order valence-corrected chi connectivity index (χ1v) is 14.2. The van der Waals surface area contributed by atoms with Gasteiger partial charge in [-0.15, -0.1) is 11.3 Å². The number of sulfonamides is 1. The fourth-order valence-corrected chi connectivity index (χ4v) is 5.97. The Morgan fingerprint density at radius 3 is 2.35 bits per heavy atom. The van der Waals surface area contributed by atoms with Crippen molar-refractivity contribution in [1.82, 2.24) is 14.2 Å². The van der Waals surface area contributed by atoms with E-state index in [1.54, 1.807) is 11.7 Å². The molecule has 1 aromatic heterocycles. The quantitative estimate of drug-likeness (QED) is 0.354. The molecule has 3 aromatic rings. The third-order valence-corrected chi connectivity index (χ3v) is 8.37. The summed E-state index contributed by atoms with van der Waals surface area (Å²) in [4.78, 5) is 19.0. The number of hydrogen-bond acceptors (Lipinski definition) is 8. The van der Waals surface area contributed by atoms with Gasteiger partial charge in [-0.25, -0.2) is 13.2 Å². The van der Waals surface area contributed by atoms with Crippen molar-refractivity contribution in [3.63, 3.8) is 0 Å². The highest BCUT2D eigenvalue weighted by atomic mass is 32.2. The van der Waals surface area contributed by atoms with E-state index in [-0.39, 0.29) is 36.3 Å². The molecule has 0 saturated heterocycles. The van der Waals surface area contributed by atoms with Gasteiger partial charge in [0.05, 0.1) is 27.4 Å². The lowest BCUT2D eigenvalue weighted by molar-refractivity contribution is 0.0335. The van der Waals surface area contributed by atoms with Gasteiger partial charge in [-0.3, -0.25) is 4.98 Å². The molecule has 0 aliphatic heterocycles. The minimum atomic E-state index is -3.98. The number of thiazole rings is 1. The number of carbonyl (C=O) groups excluding carboxylic acids is 1. The molecule has 0 spiro atoms. The molecule has 37 heavy (non-hydrogen) atoms. The monoisotopic (exact) mass is 547 g/mol. The average molecular weight is 548 g/mol. The number of ether oxygens (including phenoxy) is 1. The van der Waals surface area contributed by atoms with E-state index in [4.69, 9.17) is 4.74 Å². The second-order valence-corrected chi connectivity index (χ2v) is 12.1. The lowest BCUT2D eigenvalue weighted by atomic mass is 10.00. The Bertz CT molecular complexity index is 1220. The van der Waals surface area contributed by atoms with E-state index in [0.29, 0.717) is 6.42 Å². The fourth-order valence-electron chi connectivity index (χ4n) is 3.85. The average Bonchev–Trinajstić information content (AvgIpc) is 3.39. The lowest BCUT2D eigenvalue weighted by Crippen LogP contribution is -2.51. The molecule has 3 rings (SSSR count). The maximum Gasteiger partial charge on any atom is 0.410 e. The van der Waals surface area contributed by atoms with E-state index in [2.05, 4.69) is 4.98 Å². The molecular weight excluding hydrogens is 514 g/mol. The van der Waals surface area contributed by atoms with Gasteiger partial charge in [-0.1, -0.05) is 44.2 Å². The molecule has 0 saturated carbocycles. The predicted octanol–water partition coefficient (Wildman–Crippen LogP) is 3.74. The van der Waals surface area contributed by atoms with Crippen molar-refractivity contribution in [2.75, 3.05) is 20.1 Å². The van der Waals surface area contributed by atoms with E-state index in [0.717, 1.165) is 10.4 Å². The summed E-state index contributed by atoms with van der Waals surface area (Å²) < 4.78 is 33.6. The normalized spacial score (nSPS) is 13.5. The van der Waals surface area contributed by atoms with Gasteiger partial charge >= 0.3 is 6.09 Å². The van der Waals surface area contributed by atoms with Crippen molar-refractivity contribution >= 4 is 27.5 Å². The Kier molecular flexibility index (Phi) is 10.0. The lowest BCUT2D eigenvalue weighted by Gasteiger charge is -2.34. The van der Waals surface area contributed by atoms with Crippen LogP contribution in [0, 0.1) is 5.92 Å². The van der Waals surface area contributed by atoms with Crippen molar-refractivity contribution in [2.24, 2.45) is 5.92 Å². The number of phenols is 1. The van der Waals surface area contributed by atoms with Crippen molar-refractivity contribution in [2.45, 2.75) is 43.9 Å². The molecule has 2 atom stereocenters. The van der Waals surface area contributed by atoms with Crippen LogP contribution < -0.4 is 0 Å². The van der Waals surface area contributed by atoms with E-state index < -0.39 is 28.3 Å². The summed E-state index contributed by atoms with van der Waals surface area (Å²) in [6.07, 6.45) is 0.0619. The SMILES string of the molecule is CC(C)CN(C[C@@H](O)[C@H](Cc1ccccc1)N(C)C(=O)OCc1cncs1)S(=O)(=O)c1ccc(O)cc1. The third-order valence-electron chi connectivity index (χ3n) is 5.77. The zero-order valence-electron chi connectivity index (χ0n) is 21.1. The summed E-state index contributed by atoms with van der Waals surface area (Å²) in [7, 11) is -2.44. The van der Waals surface area contributed by atoms with Gasteiger partial charge in [0.25, 0.3) is 0 Å². The van der Waals surface area contributed by atoms with Crippen LogP contribution in [-0.2, 0) is 27.8 Å². The summed E-state index contributed by atoms with van der Waals surface area (Å²) >= 11 is 1.36. The molecule has 0 aliphatic rings. The van der Waals surface area contributed by atoms with Gasteiger partial charge in [-0.2, -0.15) is 4.31 Å². The van der Waals surface area contributed by atoms with Crippen LogP contribution in [0.5, 0.6) is 5.75 Å². The van der Waals surface area contributed by atoms with Gasteiger partial charge in [0.2, 0.25) is 10.0 Å². The number of amides is 1. The number of nitrogens with zero attached hydrogens (tertiary/aromatic N) is 3. The molecule has 11 heteroatoms. The molecule has 0 unspecified atom stereocenters. The summed E-state index contributed by atoms with van der Waals surface area (Å²) in [6.45, 7) is 3.76. The van der Waals surface area contributed by atoms with E-state index in [1.165, 1.54) is 51.9 Å². The Labute approximate surface area is 222 Å². The minimum Gasteiger partial charge on any atom is -0.508 e. The maximum absolute atomic E-state index is 13.5. The van der Waals surface area contributed by atoms with Gasteiger partial charge in [0.1, 0.15) is 12.4 Å². The van der Waals surface area contributed by atoms with Gasteiger partial charge in [0, 0.05) is 26.3 Å². The van der Waals surface area contributed by atoms with Crippen molar-refractivity contribution in [3.05, 3.63) is 76.7 Å². The number of aliphatic hydroxyl groups excluding tert-OH is 1. The first-order chi connectivity index (χ1) is 17.6. The molecule has 1 heterocycles. The van der Waals surface area contributed by atoms with Gasteiger partial charge < -0.3 is 19.8 Å². The zero-order valence-corrected chi connectivity index (χ0v) is 22.7. The first kappa shape index (κ1) is 28.6. The topological polar surface area (TPSA) is 120 Å². The summed E-state index contributed by atoms with van der Waals surface area (Å²) in [5.74, 6) is -0.0652. The van der Waals surface area contributed by atoms with E-state index in [9.17, 15) is 23.4 Å². The van der Waals surface area contributed by atoms with Crippen LogP contribution in [-0.4, -0.2) is 71.2 Å². The Hall–Kier alpha value is -2.99. The van der Waals surface area contributed by atoms with Gasteiger partial charge in [-0.05, 0) is 42.2 Å². The van der Waals surface area contributed by atoms with Gasteiger partial charge in [0.15, 0.2) is 0 Å². The Morgan fingerprint density at radius 2 is 1.76 bits per heavy atom. The third kappa shape index (κ3) is 8.00. The first-order valence-electron chi connectivity index (χ1n) is 11.9. The number of aromatic nitrogens is 1. The van der Waals surface area contributed by atoms with Crippen LogP contribution in [0.4, 0.5) is 4.79 Å². The van der Waals surface area contributed by atoms with Crippen LogP contribution in [0.25, 0.3) is 0 Å². The Morgan fingerprint density at radius 1 is 1.08 bits per heavy atom. The van der Waals surface area contributed by atoms with Crippen LogP contribution >= 0.6 is 11.3 Å². The second kappa shape index (κ2) is 13.0. The van der Waals surface area contributed by atoms with E-state index >= 15 is 0 Å². The number of carbonyl (C=O) groups is 1. The molecule has 2 aromatic carbocycles. The largest absolute Gasteiger partial charge is 0.508 e. The molecule has 0 radical (unpaired) electrons. The molecule has 0 bridgehead atoms. The number of benzene rings is 2. The fraction of sp³-hybridized carbons (Fsp3) is 0.385. The van der Waals surface area contributed by atoms with Crippen molar-refractivity contribution in [1.29, 1.82) is 0 Å². The van der Waals surface area contributed by atoms with Crippen LogP contribution in [0.15, 0.2) is 71.2 Å². The number of hydrogen-bond donors (Lipinski definition) is 2. The van der Waals surface area contributed by atoms with Crippen LogP contribution in [0.3, 0.4) is 0 Å². The highest BCUT2D eigenvalue weighted by Crippen LogP contribution is 2.22. The van der Waals surface area contributed by atoms with Crippen molar-refractivity contribution < 1.29 is 28.2 Å². The molecular formula is C26H33N3O6S2. The number of aliphatic hydroxyl groups is 1. The second-order valence-electron chi connectivity index (χ2n) is 9.17. The number of phenolic OH excluding ortho intramolecular Hbond substituents is 1. The highest BCUT2D eigenvalue weighted by molar-refractivity contribution is 7.89.